The van der Waals surface area contributed by atoms with Gasteiger partial charge in [-0.15, -0.1) is 10.2 Å². The molecule has 0 radical (unpaired) electrons. The summed E-state index contributed by atoms with van der Waals surface area (Å²) in [7, 11) is 1.98. The Bertz CT molecular complexity index is 611. The van der Waals surface area contributed by atoms with Gasteiger partial charge >= 0.3 is 0 Å². The summed E-state index contributed by atoms with van der Waals surface area (Å²) in [6.07, 6.45) is 5.57. The second-order valence-corrected chi connectivity index (χ2v) is 8.44. The molecule has 2 unspecified atom stereocenters. The van der Waals surface area contributed by atoms with Crippen LogP contribution in [0, 0.1) is 6.92 Å². The first-order valence-electron chi connectivity index (χ1n) is 9.73. The Morgan fingerprint density at radius 3 is 3.04 bits per heavy atom. The molecule has 2 atom stereocenters. The van der Waals surface area contributed by atoms with E-state index >= 15 is 0 Å². The summed E-state index contributed by atoms with van der Waals surface area (Å²) < 4.78 is 8.13. The first-order chi connectivity index (χ1) is 12.6. The van der Waals surface area contributed by atoms with Gasteiger partial charge in [0.25, 0.3) is 0 Å². The number of hydrogen-bond acceptors (Lipinski definition) is 5. The van der Waals surface area contributed by atoms with E-state index in [1.807, 2.05) is 30.3 Å². The zero-order valence-corrected chi connectivity index (χ0v) is 17.1. The summed E-state index contributed by atoms with van der Waals surface area (Å²) >= 11 is 2.01. The zero-order chi connectivity index (χ0) is 18.4. The van der Waals surface area contributed by atoms with E-state index in [2.05, 4.69) is 27.8 Å². The van der Waals surface area contributed by atoms with Crippen LogP contribution in [-0.4, -0.2) is 57.0 Å². The molecular formula is C18H32N6OS. The highest BCUT2D eigenvalue weighted by Crippen LogP contribution is 2.38. The SMILES string of the molecule is CCCCNC(=NCc1nnc(C)n1C)NC1CCOC2(CCSC2)C1. The first-order valence-corrected chi connectivity index (χ1v) is 10.9. The van der Waals surface area contributed by atoms with Gasteiger partial charge in [-0.2, -0.15) is 11.8 Å². The van der Waals surface area contributed by atoms with E-state index in [1.165, 1.54) is 18.6 Å². The summed E-state index contributed by atoms with van der Waals surface area (Å²) in [5, 5.41) is 15.5. The Morgan fingerprint density at radius 1 is 1.46 bits per heavy atom. The number of nitrogens with one attached hydrogen (secondary N) is 2. The van der Waals surface area contributed by atoms with Gasteiger partial charge in [0.15, 0.2) is 11.8 Å². The van der Waals surface area contributed by atoms with Crippen LogP contribution in [0.5, 0.6) is 0 Å². The third-order valence-electron chi connectivity index (χ3n) is 5.29. The van der Waals surface area contributed by atoms with Crippen molar-refractivity contribution in [2.45, 2.75) is 64.1 Å². The lowest BCUT2D eigenvalue weighted by Crippen LogP contribution is -2.51. The molecule has 2 saturated heterocycles. The molecular weight excluding hydrogens is 348 g/mol. The number of unbranched alkanes of at least 4 members (excludes halogenated alkanes) is 1. The van der Waals surface area contributed by atoms with Gasteiger partial charge in [0.1, 0.15) is 12.4 Å². The second-order valence-electron chi connectivity index (χ2n) is 7.34. The van der Waals surface area contributed by atoms with Crippen LogP contribution in [0.1, 0.15) is 50.7 Å². The number of aliphatic imine (C=N–C) groups is 1. The highest BCUT2D eigenvalue weighted by atomic mass is 32.2. The number of rotatable bonds is 6. The minimum Gasteiger partial charge on any atom is -0.374 e. The van der Waals surface area contributed by atoms with Crippen molar-refractivity contribution in [1.82, 2.24) is 25.4 Å². The summed E-state index contributed by atoms with van der Waals surface area (Å²) in [6.45, 7) is 6.46. The van der Waals surface area contributed by atoms with Crippen LogP contribution in [-0.2, 0) is 18.3 Å². The van der Waals surface area contributed by atoms with E-state index in [9.17, 15) is 0 Å². The van der Waals surface area contributed by atoms with E-state index in [0.29, 0.717) is 12.6 Å². The number of thioether (sulfide) groups is 1. The summed E-state index contributed by atoms with van der Waals surface area (Å²) in [5.41, 5.74) is 0.0792. The predicted octanol–water partition coefficient (Wildman–Crippen LogP) is 2.01. The van der Waals surface area contributed by atoms with E-state index in [1.54, 1.807) is 0 Å². The first kappa shape index (κ1) is 19.5. The monoisotopic (exact) mass is 380 g/mol. The molecule has 1 spiro atoms. The topological polar surface area (TPSA) is 76.4 Å². The van der Waals surface area contributed by atoms with Gasteiger partial charge in [0.2, 0.25) is 0 Å². The quantitative estimate of drug-likeness (QED) is 0.447. The van der Waals surface area contributed by atoms with Gasteiger partial charge in [-0.1, -0.05) is 13.3 Å². The predicted molar refractivity (Wildman–Crippen MR) is 107 cm³/mol. The van der Waals surface area contributed by atoms with Crippen LogP contribution in [0.15, 0.2) is 4.99 Å². The average Bonchev–Trinajstić information content (AvgIpc) is 3.21. The molecule has 2 fully saturated rings. The van der Waals surface area contributed by atoms with Crippen LogP contribution in [0.3, 0.4) is 0 Å². The van der Waals surface area contributed by atoms with E-state index in [4.69, 9.17) is 9.73 Å². The molecule has 1 aromatic rings. The molecule has 1 aromatic heterocycles. The van der Waals surface area contributed by atoms with Gasteiger partial charge in [0, 0.05) is 32.0 Å². The molecule has 7 nitrogen and oxygen atoms in total. The number of nitrogens with zero attached hydrogens (tertiary/aromatic N) is 4. The third kappa shape index (κ3) is 4.91. The molecule has 8 heteroatoms. The summed E-state index contributed by atoms with van der Waals surface area (Å²) in [6, 6.07) is 0.413. The van der Waals surface area contributed by atoms with E-state index in [-0.39, 0.29) is 5.60 Å². The fourth-order valence-electron chi connectivity index (χ4n) is 3.48. The van der Waals surface area contributed by atoms with Gasteiger partial charge in [-0.05, 0) is 38.4 Å². The number of guanidine groups is 1. The number of aromatic nitrogens is 3. The zero-order valence-electron chi connectivity index (χ0n) is 16.3. The lowest BCUT2D eigenvalue weighted by atomic mass is 9.90. The molecule has 0 amide bonds. The van der Waals surface area contributed by atoms with Crippen molar-refractivity contribution < 1.29 is 4.74 Å². The van der Waals surface area contributed by atoms with Crippen molar-refractivity contribution in [3.63, 3.8) is 0 Å². The lowest BCUT2D eigenvalue weighted by molar-refractivity contribution is -0.0679. The fourth-order valence-corrected chi connectivity index (χ4v) is 4.86. The number of ether oxygens (including phenoxy) is 1. The third-order valence-corrected chi connectivity index (χ3v) is 6.51. The molecule has 2 aliphatic rings. The van der Waals surface area contributed by atoms with Crippen LogP contribution in [0.4, 0.5) is 0 Å². The number of hydrogen-bond donors (Lipinski definition) is 2. The Morgan fingerprint density at radius 2 is 2.35 bits per heavy atom. The molecule has 26 heavy (non-hydrogen) atoms. The van der Waals surface area contributed by atoms with Gasteiger partial charge < -0.3 is 19.9 Å². The Hall–Kier alpha value is -1.28. The molecule has 0 aromatic carbocycles. The maximum atomic E-state index is 6.14. The summed E-state index contributed by atoms with van der Waals surface area (Å²) in [4.78, 5) is 4.77. The smallest absolute Gasteiger partial charge is 0.191 e. The second kappa shape index (κ2) is 9.08. The van der Waals surface area contributed by atoms with Crippen molar-refractivity contribution in [1.29, 1.82) is 0 Å². The Balaban J connectivity index is 1.63. The number of aryl methyl sites for hydroxylation is 1. The maximum Gasteiger partial charge on any atom is 0.191 e. The average molecular weight is 381 g/mol. The molecule has 2 aliphatic heterocycles. The van der Waals surface area contributed by atoms with Crippen molar-refractivity contribution >= 4 is 17.7 Å². The van der Waals surface area contributed by atoms with Crippen molar-refractivity contribution in [2.24, 2.45) is 12.0 Å². The molecule has 0 bridgehead atoms. The molecule has 0 aliphatic carbocycles. The minimum absolute atomic E-state index is 0.0792. The van der Waals surface area contributed by atoms with Gasteiger partial charge in [-0.25, -0.2) is 4.99 Å². The lowest BCUT2D eigenvalue weighted by Gasteiger charge is -2.38. The standard InChI is InChI=1S/C18H32N6OS/c1-4-5-8-19-17(20-12-16-23-22-14(2)24(16)3)21-15-6-9-25-18(11-15)7-10-26-13-18/h15H,4-13H2,1-3H3,(H2,19,20,21). The molecule has 2 N–H and O–H groups in total. The largest absolute Gasteiger partial charge is 0.374 e. The Labute approximate surface area is 160 Å². The van der Waals surface area contributed by atoms with Gasteiger partial charge in [-0.3, -0.25) is 0 Å². The van der Waals surface area contributed by atoms with Crippen LogP contribution >= 0.6 is 11.8 Å². The minimum atomic E-state index is 0.0792. The summed E-state index contributed by atoms with van der Waals surface area (Å²) in [5.74, 6) is 5.02. The van der Waals surface area contributed by atoms with E-state index < -0.39 is 0 Å². The Kier molecular flexibility index (Phi) is 6.80. The van der Waals surface area contributed by atoms with Crippen molar-refractivity contribution in [3.05, 3.63) is 11.6 Å². The maximum absolute atomic E-state index is 6.14. The highest BCUT2D eigenvalue weighted by molar-refractivity contribution is 7.99. The van der Waals surface area contributed by atoms with Crippen LogP contribution in [0.2, 0.25) is 0 Å². The van der Waals surface area contributed by atoms with Crippen molar-refractivity contribution in [2.75, 3.05) is 24.7 Å². The van der Waals surface area contributed by atoms with Crippen LogP contribution in [0.25, 0.3) is 0 Å². The highest BCUT2D eigenvalue weighted by Gasteiger charge is 2.40. The molecule has 3 rings (SSSR count). The van der Waals surface area contributed by atoms with Crippen molar-refractivity contribution in [3.8, 4) is 0 Å². The fraction of sp³-hybridized carbons (Fsp3) is 0.833. The molecule has 146 valence electrons. The van der Waals surface area contributed by atoms with E-state index in [0.717, 1.165) is 55.8 Å². The molecule has 3 heterocycles. The normalized spacial score (nSPS) is 26.4. The molecule has 0 saturated carbocycles. The van der Waals surface area contributed by atoms with Crippen LogP contribution < -0.4 is 10.6 Å². The van der Waals surface area contributed by atoms with Gasteiger partial charge in [0.05, 0.1) is 5.60 Å².